The SMILES string of the molecule is CCOC(=O)CC(=O)C(C(=O)OCC)C(=O)c1cc(F)c(F)c(Cl)c1F. The number of hydrogen-bond acceptors (Lipinski definition) is 6. The Labute approximate surface area is 151 Å². The van der Waals surface area contributed by atoms with E-state index in [0.29, 0.717) is 0 Å². The summed E-state index contributed by atoms with van der Waals surface area (Å²) >= 11 is 5.27. The Bertz CT molecular complexity index is 750. The minimum absolute atomic E-state index is 0.0580. The summed E-state index contributed by atoms with van der Waals surface area (Å²) in [5, 5.41) is -1.31. The molecule has 0 bridgehead atoms. The first kappa shape index (κ1) is 21.6. The molecule has 0 aromatic heterocycles. The standard InChI is InChI=1S/C16H14ClF3O6/c1-3-25-10(22)6-9(21)11(16(24)26-4-2)15(23)7-5-8(18)14(20)12(17)13(7)19/h5,11H,3-4,6H2,1-2H3. The van der Waals surface area contributed by atoms with Crippen molar-refractivity contribution in [3.63, 3.8) is 0 Å². The molecule has 0 fully saturated rings. The van der Waals surface area contributed by atoms with Crippen molar-refractivity contribution >= 4 is 35.1 Å². The third-order valence-corrected chi connectivity index (χ3v) is 3.43. The minimum Gasteiger partial charge on any atom is -0.466 e. The Morgan fingerprint density at radius 3 is 2.15 bits per heavy atom. The zero-order valence-electron chi connectivity index (χ0n) is 13.7. The molecule has 0 saturated carbocycles. The number of carbonyl (C=O) groups is 4. The number of ether oxygens (including phenoxy) is 2. The van der Waals surface area contributed by atoms with Gasteiger partial charge >= 0.3 is 11.9 Å². The first-order valence-corrected chi connectivity index (χ1v) is 7.75. The maximum absolute atomic E-state index is 14.0. The molecule has 0 radical (unpaired) electrons. The Hall–Kier alpha value is -2.42. The van der Waals surface area contributed by atoms with Gasteiger partial charge in [-0.25, -0.2) is 13.2 Å². The number of carbonyl (C=O) groups excluding carboxylic acids is 4. The summed E-state index contributed by atoms with van der Waals surface area (Å²) in [5.74, 6) is -12.4. The number of ketones is 2. The van der Waals surface area contributed by atoms with E-state index in [1.54, 1.807) is 0 Å². The normalized spacial score (nSPS) is 11.6. The summed E-state index contributed by atoms with van der Waals surface area (Å²) in [6.45, 7) is 2.56. The largest absolute Gasteiger partial charge is 0.466 e. The van der Waals surface area contributed by atoms with Crippen molar-refractivity contribution < 1.29 is 41.8 Å². The minimum atomic E-state index is -2.25. The van der Waals surface area contributed by atoms with Gasteiger partial charge in [0, 0.05) is 0 Å². The third-order valence-electron chi connectivity index (χ3n) is 3.10. The van der Waals surface area contributed by atoms with Gasteiger partial charge in [0.2, 0.25) is 0 Å². The van der Waals surface area contributed by atoms with E-state index in [0.717, 1.165) is 0 Å². The van der Waals surface area contributed by atoms with Crippen molar-refractivity contribution in [2.45, 2.75) is 20.3 Å². The maximum Gasteiger partial charge on any atom is 0.324 e. The second kappa shape index (κ2) is 9.33. The van der Waals surface area contributed by atoms with Gasteiger partial charge in [0.05, 0.1) is 18.8 Å². The average molecular weight is 395 g/mol. The van der Waals surface area contributed by atoms with Crippen LogP contribution in [0.15, 0.2) is 6.07 Å². The lowest BCUT2D eigenvalue weighted by molar-refractivity contribution is -0.151. The van der Waals surface area contributed by atoms with Gasteiger partial charge in [-0.15, -0.1) is 0 Å². The third kappa shape index (κ3) is 4.81. The van der Waals surface area contributed by atoms with Gasteiger partial charge in [0.1, 0.15) is 11.4 Å². The van der Waals surface area contributed by atoms with Crippen molar-refractivity contribution in [3.05, 3.63) is 34.1 Å². The quantitative estimate of drug-likeness (QED) is 0.221. The van der Waals surface area contributed by atoms with Crippen LogP contribution in [0.3, 0.4) is 0 Å². The van der Waals surface area contributed by atoms with Crippen LogP contribution in [-0.2, 0) is 23.9 Å². The van der Waals surface area contributed by atoms with Gasteiger partial charge in [0.15, 0.2) is 34.9 Å². The monoisotopic (exact) mass is 394 g/mol. The highest BCUT2D eigenvalue weighted by atomic mass is 35.5. The molecule has 0 heterocycles. The second-order valence-electron chi connectivity index (χ2n) is 4.85. The molecule has 0 amide bonds. The van der Waals surface area contributed by atoms with E-state index in [1.165, 1.54) is 13.8 Å². The number of rotatable bonds is 8. The predicted molar refractivity (Wildman–Crippen MR) is 82.0 cm³/mol. The van der Waals surface area contributed by atoms with Crippen molar-refractivity contribution in [1.82, 2.24) is 0 Å². The molecule has 1 rings (SSSR count). The topological polar surface area (TPSA) is 86.7 Å². The molecule has 0 aliphatic heterocycles. The lowest BCUT2D eigenvalue weighted by atomic mass is 9.91. The van der Waals surface area contributed by atoms with Crippen molar-refractivity contribution in [2.24, 2.45) is 5.92 Å². The van der Waals surface area contributed by atoms with E-state index in [1.807, 2.05) is 0 Å². The first-order valence-electron chi connectivity index (χ1n) is 7.37. The highest BCUT2D eigenvalue weighted by molar-refractivity contribution is 6.32. The second-order valence-corrected chi connectivity index (χ2v) is 5.22. The lowest BCUT2D eigenvalue weighted by Gasteiger charge is -2.14. The first-order chi connectivity index (χ1) is 12.1. The Balaban J connectivity index is 3.31. The van der Waals surface area contributed by atoms with Gasteiger partial charge in [-0.3, -0.25) is 19.2 Å². The fourth-order valence-electron chi connectivity index (χ4n) is 1.97. The molecule has 26 heavy (non-hydrogen) atoms. The van der Waals surface area contributed by atoms with Crippen LogP contribution >= 0.6 is 11.6 Å². The summed E-state index contributed by atoms with van der Waals surface area (Å²) in [5.41, 5.74) is -1.12. The van der Waals surface area contributed by atoms with Crippen molar-refractivity contribution in [1.29, 1.82) is 0 Å². The molecule has 0 saturated heterocycles. The van der Waals surface area contributed by atoms with Crippen LogP contribution in [0, 0.1) is 23.4 Å². The van der Waals surface area contributed by atoms with E-state index in [4.69, 9.17) is 11.6 Å². The molecule has 0 aliphatic rings. The zero-order valence-corrected chi connectivity index (χ0v) is 14.5. The van der Waals surface area contributed by atoms with Crippen LogP contribution in [0.4, 0.5) is 13.2 Å². The van der Waals surface area contributed by atoms with Crippen LogP contribution in [0.2, 0.25) is 5.02 Å². The van der Waals surface area contributed by atoms with Gasteiger partial charge in [-0.05, 0) is 19.9 Å². The van der Waals surface area contributed by atoms with Crippen molar-refractivity contribution in [3.8, 4) is 0 Å². The van der Waals surface area contributed by atoms with Crippen LogP contribution in [-0.4, -0.2) is 36.7 Å². The Morgan fingerprint density at radius 1 is 1.04 bits per heavy atom. The van der Waals surface area contributed by atoms with Crippen molar-refractivity contribution in [2.75, 3.05) is 13.2 Å². The van der Waals surface area contributed by atoms with E-state index in [-0.39, 0.29) is 19.3 Å². The van der Waals surface area contributed by atoms with Gasteiger partial charge in [-0.1, -0.05) is 11.6 Å². The highest BCUT2D eigenvalue weighted by Crippen LogP contribution is 2.27. The summed E-state index contributed by atoms with van der Waals surface area (Å²) in [7, 11) is 0. The smallest absolute Gasteiger partial charge is 0.324 e. The van der Waals surface area contributed by atoms with E-state index in [9.17, 15) is 32.3 Å². The molecule has 0 aliphatic carbocycles. The lowest BCUT2D eigenvalue weighted by Crippen LogP contribution is -2.35. The molecule has 0 N–H and O–H groups in total. The van der Waals surface area contributed by atoms with Crippen LogP contribution in [0.25, 0.3) is 0 Å². The fourth-order valence-corrected chi connectivity index (χ4v) is 2.17. The molecule has 1 unspecified atom stereocenters. The van der Waals surface area contributed by atoms with E-state index < -0.39 is 63.9 Å². The predicted octanol–water partition coefficient (Wildman–Crippen LogP) is 2.64. The highest BCUT2D eigenvalue weighted by Gasteiger charge is 2.39. The molecule has 10 heteroatoms. The number of esters is 2. The van der Waals surface area contributed by atoms with Gasteiger partial charge < -0.3 is 9.47 Å². The Kier molecular flexibility index (Phi) is 7.76. The molecular formula is C16H14ClF3O6. The maximum atomic E-state index is 14.0. The van der Waals surface area contributed by atoms with Crippen LogP contribution in [0.5, 0.6) is 0 Å². The van der Waals surface area contributed by atoms with Crippen LogP contribution < -0.4 is 0 Å². The molecule has 1 atom stereocenters. The zero-order chi connectivity index (χ0) is 20.0. The van der Waals surface area contributed by atoms with Crippen LogP contribution in [0.1, 0.15) is 30.6 Å². The molecule has 1 aromatic carbocycles. The summed E-state index contributed by atoms with van der Waals surface area (Å²) in [6.07, 6.45) is -0.970. The molecule has 142 valence electrons. The Morgan fingerprint density at radius 2 is 1.62 bits per heavy atom. The summed E-state index contributed by atoms with van der Waals surface area (Å²) in [6, 6.07) is 0.169. The molecule has 1 aromatic rings. The van der Waals surface area contributed by atoms with E-state index >= 15 is 0 Å². The van der Waals surface area contributed by atoms with Gasteiger partial charge in [0.25, 0.3) is 0 Å². The fraction of sp³-hybridized carbons (Fsp3) is 0.375. The van der Waals surface area contributed by atoms with E-state index in [2.05, 4.69) is 9.47 Å². The molecule has 0 spiro atoms. The number of Topliss-reactive ketones (excluding diaryl/α,β-unsaturated/α-hetero) is 2. The molecular weight excluding hydrogens is 381 g/mol. The number of benzene rings is 1. The number of hydrogen-bond donors (Lipinski definition) is 0. The molecule has 6 nitrogen and oxygen atoms in total. The summed E-state index contributed by atoms with van der Waals surface area (Å²) < 4.78 is 49.9. The summed E-state index contributed by atoms with van der Waals surface area (Å²) in [4.78, 5) is 47.9. The average Bonchev–Trinajstić information content (AvgIpc) is 2.56. The number of halogens is 4. The van der Waals surface area contributed by atoms with Gasteiger partial charge in [-0.2, -0.15) is 0 Å².